The second kappa shape index (κ2) is 7.70. The lowest BCUT2D eigenvalue weighted by atomic mass is 9.91. The molecule has 0 amide bonds. The monoisotopic (exact) mass is 384 g/mol. The molecule has 1 aliphatic carbocycles. The van der Waals surface area contributed by atoms with Crippen molar-refractivity contribution in [3.05, 3.63) is 53.9 Å². The molecule has 1 aliphatic heterocycles. The highest BCUT2D eigenvalue weighted by Crippen LogP contribution is 2.45. The van der Waals surface area contributed by atoms with Gasteiger partial charge in [0.1, 0.15) is 17.6 Å². The first-order valence-corrected chi connectivity index (χ1v) is 9.85. The first-order chi connectivity index (χ1) is 13.4. The number of aliphatic hydroxyl groups excluding tert-OH is 1. The molecule has 1 saturated carbocycles. The van der Waals surface area contributed by atoms with Gasteiger partial charge >= 0.3 is 0 Å². The van der Waals surface area contributed by atoms with Gasteiger partial charge in [0.15, 0.2) is 0 Å². The second-order valence-corrected chi connectivity index (χ2v) is 8.35. The van der Waals surface area contributed by atoms with Crippen LogP contribution in [0.25, 0.3) is 0 Å². The maximum Gasteiger partial charge on any atom is 0.133 e. The zero-order chi connectivity index (χ0) is 19.7. The number of fused-ring (bicyclic) bond motifs is 1. The third kappa shape index (κ3) is 4.14. The number of hydrogen-bond donors (Lipinski definition) is 3. The van der Waals surface area contributed by atoms with Gasteiger partial charge in [-0.25, -0.2) is 0 Å². The van der Waals surface area contributed by atoms with Crippen molar-refractivity contribution in [2.75, 3.05) is 26.7 Å². The highest BCUT2D eigenvalue weighted by atomic mass is 16.5. The Morgan fingerprint density at radius 2 is 1.82 bits per heavy atom. The molecule has 1 unspecified atom stereocenters. The minimum atomic E-state index is -0.669. The molecule has 2 fully saturated rings. The van der Waals surface area contributed by atoms with Crippen LogP contribution in [0.3, 0.4) is 0 Å². The summed E-state index contributed by atoms with van der Waals surface area (Å²) >= 11 is 0. The molecule has 0 spiro atoms. The quantitative estimate of drug-likeness (QED) is 0.708. The zero-order valence-corrected chi connectivity index (χ0v) is 16.2. The van der Waals surface area contributed by atoms with Gasteiger partial charge in [-0.05, 0) is 54.5 Å². The average Bonchev–Trinajstić information content (AvgIpc) is 3.16. The molecular weight excluding hydrogens is 356 g/mol. The maximum absolute atomic E-state index is 11.1. The van der Waals surface area contributed by atoms with Crippen LogP contribution in [0.4, 0.5) is 0 Å². The second-order valence-electron chi connectivity index (χ2n) is 8.35. The van der Waals surface area contributed by atoms with E-state index in [0.29, 0.717) is 30.5 Å². The molecule has 6 nitrogen and oxygen atoms in total. The molecule has 4 rings (SSSR count). The van der Waals surface area contributed by atoms with Crippen molar-refractivity contribution in [3.63, 3.8) is 0 Å². The van der Waals surface area contributed by atoms with E-state index in [1.165, 1.54) is 6.20 Å². The van der Waals surface area contributed by atoms with E-state index < -0.39 is 11.7 Å². The summed E-state index contributed by atoms with van der Waals surface area (Å²) in [6.45, 7) is 2.32. The van der Waals surface area contributed by atoms with Gasteiger partial charge in [0.2, 0.25) is 0 Å². The Labute approximate surface area is 165 Å². The van der Waals surface area contributed by atoms with Gasteiger partial charge in [0.05, 0.1) is 24.6 Å². The molecule has 150 valence electrons. The normalized spacial score (nSPS) is 24.8. The predicted octanol–water partition coefficient (Wildman–Crippen LogP) is 2.14. The summed E-state index contributed by atoms with van der Waals surface area (Å²) in [6, 6.07) is 11.1. The zero-order valence-electron chi connectivity index (χ0n) is 16.2. The third-order valence-electron chi connectivity index (χ3n) is 6.17. The number of benzene rings is 1. The van der Waals surface area contributed by atoms with Crippen molar-refractivity contribution in [3.8, 4) is 11.5 Å². The number of β-amino-alcohol motifs (C(OH)–C–C–N with tert-alkyl or cyclic N) is 1. The van der Waals surface area contributed by atoms with Crippen LogP contribution in [0.2, 0.25) is 0 Å². The molecule has 1 aromatic heterocycles. The first kappa shape index (κ1) is 19.2. The number of methoxy groups -OCH3 is 1. The van der Waals surface area contributed by atoms with E-state index in [9.17, 15) is 15.3 Å². The van der Waals surface area contributed by atoms with E-state index in [4.69, 9.17) is 4.74 Å². The number of aromatic hydroxyl groups is 1. The summed E-state index contributed by atoms with van der Waals surface area (Å²) in [5.74, 6) is 1.85. The van der Waals surface area contributed by atoms with Crippen molar-refractivity contribution < 1.29 is 20.1 Å². The fraction of sp³-hybridized carbons (Fsp3) is 0.500. The number of pyridine rings is 1. The molecule has 2 heterocycles. The summed E-state index contributed by atoms with van der Waals surface area (Å²) < 4.78 is 5.20. The summed E-state index contributed by atoms with van der Waals surface area (Å²) in [7, 11) is 1.65. The fourth-order valence-corrected chi connectivity index (χ4v) is 4.91. The summed E-state index contributed by atoms with van der Waals surface area (Å²) in [5.41, 5.74) is 1.06. The van der Waals surface area contributed by atoms with E-state index in [0.717, 1.165) is 37.2 Å². The third-order valence-corrected chi connectivity index (χ3v) is 6.17. The van der Waals surface area contributed by atoms with Crippen molar-refractivity contribution in [2.24, 2.45) is 11.8 Å². The first-order valence-electron chi connectivity index (χ1n) is 9.85. The summed E-state index contributed by atoms with van der Waals surface area (Å²) in [4.78, 5) is 6.36. The molecule has 28 heavy (non-hydrogen) atoms. The number of likely N-dealkylation sites (tertiary alicyclic amines) is 1. The SMILES string of the molecule is COc1ccc(CC2(O)C[C@H]3CN(CC(O)c4ccc(O)cn4)C[C@@H]3C2)cc1. The number of rotatable bonds is 6. The average molecular weight is 384 g/mol. The number of aliphatic hydroxyl groups is 2. The van der Waals surface area contributed by atoms with E-state index in [-0.39, 0.29) is 5.75 Å². The Bertz CT molecular complexity index is 779. The number of hydrogen-bond acceptors (Lipinski definition) is 6. The molecule has 1 aromatic carbocycles. The lowest BCUT2D eigenvalue weighted by molar-refractivity contribution is 0.0327. The van der Waals surface area contributed by atoms with Gasteiger partial charge in [-0.2, -0.15) is 0 Å². The van der Waals surface area contributed by atoms with E-state index in [1.807, 2.05) is 24.3 Å². The van der Waals surface area contributed by atoms with Gasteiger partial charge in [-0.1, -0.05) is 12.1 Å². The largest absolute Gasteiger partial charge is 0.506 e. The molecule has 3 atom stereocenters. The number of aromatic nitrogens is 1. The van der Waals surface area contributed by atoms with E-state index >= 15 is 0 Å². The molecular formula is C22H28N2O4. The van der Waals surface area contributed by atoms with Crippen LogP contribution in [-0.4, -0.2) is 57.5 Å². The molecule has 0 radical (unpaired) electrons. The maximum atomic E-state index is 11.1. The standard InChI is InChI=1S/C22H28N2O4/c1-28-19-5-2-15(3-6-19)8-22(27)9-16-12-24(13-17(16)10-22)14-21(26)20-7-4-18(25)11-23-20/h2-7,11,16-17,21,25-27H,8-10,12-14H2,1H3/t16-,17-,21?/m0/s1. The Morgan fingerprint density at radius 1 is 1.14 bits per heavy atom. The lowest BCUT2D eigenvalue weighted by Crippen LogP contribution is -2.33. The van der Waals surface area contributed by atoms with E-state index in [2.05, 4.69) is 9.88 Å². The molecule has 0 bridgehead atoms. The Balaban J connectivity index is 1.31. The smallest absolute Gasteiger partial charge is 0.133 e. The minimum absolute atomic E-state index is 0.0998. The minimum Gasteiger partial charge on any atom is -0.506 e. The topological polar surface area (TPSA) is 86.1 Å². The lowest BCUT2D eigenvalue weighted by Gasteiger charge is -2.27. The van der Waals surface area contributed by atoms with Gasteiger partial charge in [0.25, 0.3) is 0 Å². The Hall–Kier alpha value is -2.15. The Morgan fingerprint density at radius 3 is 2.39 bits per heavy atom. The Kier molecular flexibility index (Phi) is 5.27. The van der Waals surface area contributed by atoms with Gasteiger partial charge in [-0.15, -0.1) is 0 Å². The summed E-state index contributed by atoms with van der Waals surface area (Å²) in [5, 5.41) is 30.9. The number of ether oxygens (including phenoxy) is 1. The van der Waals surface area contributed by atoms with Crippen LogP contribution in [0.5, 0.6) is 11.5 Å². The molecule has 3 N–H and O–H groups in total. The van der Waals surface area contributed by atoms with Crippen LogP contribution >= 0.6 is 0 Å². The fourth-order valence-electron chi connectivity index (χ4n) is 4.91. The summed E-state index contributed by atoms with van der Waals surface area (Å²) in [6.07, 6.45) is 2.96. The van der Waals surface area contributed by atoms with Crippen molar-refractivity contribution in [2.45, 2.75) is 31.0 Å². The van der Waals surface area contributed by atoms with Crippen molar-refractivity contribution >= 4 is 0 Å². The molecule has 2 aliphatic rings. The van der Waals surface area contributed by atoms with Crippen LogP contribution in [0.15, 0.2) is 42.6 Å². The van der Waals surface area contributed by atoms with Gasteiger partial charge < -0.3 is 20.1 Å². The van der Waals surface area contributed by atoms with Crippen LogP contribution in [0.1, 0.15) is 30.2 Å². The van der Waals surface area contributed by atoms with Crippen molar-refractivity contribution in [1.29, 1.82) is 0 Å². The molecule has 1 saturated heterocycles. The number of nitrogens with zero attached hydrogens (tertiary/aromatic N) is 2. The van der Waals surface area contributed by atoms with Crippen LogP contribution in [0, 0.1) is 11.8 Å². The van der Waals surface area contributed by atoms with Crippen molar-refractivity contribution in [1.82, 2.24) is 9.88 Å². The highest BCUT2D eigenvalue weighted by Gasteiger charge is 2.48. The van der Waals surface area contributed by atoms with Crippen LogP contribution in [-0.2, 0) is 6.42 Å². The predicted molar refractivity (Wildman–Crippen MR) is 105 cm³/mol. The van der Waals surface area contributed by atoms with Gasteiger partial charge in [-0.3, -0.25) is 9.88 Å². The highest BCUT2D eigenvalue weighted by molar-refractivity contribution is 5.28. The molecule has 6 heteroatoms. The molecule has 2 aromatic rings. The van der Waals surface area contributed by atoms with Crippen LogP contribution < -0.4 is 4.74 Å². The van der Waals surface area contributed by atoms with E-state index in [1.54, 1.807) is 19.2 Å². The van der Waals surface area contributed by atoms with Gasteiger partial charge in [0, 0.05) is 26.1 Å².